The van der Waals surface area contributed by atoms with E-state index in [4.69, 9.17) is 9.47 Å². The van der Waals surface area contributed by atoms with Gasteiger partial charge >= 0.3 is 118 Å². The average Bonchev–Trinajstić information content (AvgIpc) is 2.63. The monoisotopic (exact) mass is 649 g/mol. The number of nitrogens with one attached hydrogen (secondary N) is 1. The van der Waals surface area contributed by atoms with E-state index in [0.29, 0.717) is 0 Å². The molecule has 0 aliphatic carbocycles. The predicted molar refractivity (Wildman–Crippen MR) is 91.2 cm³/mol. The number of carbonyl (C=O) groups is 1. The number of hydrogen-bond donors (Lipinski definition) is 3. The fourth-order valence-electron chi connectivity index (χ4n) is 2.87. The third-order valence-corrected chi connectivity index (χ3v) is 5.59. The van der Waals surface area contributed by atoms with E-state index in [1.165, 1.54) is 4.72 Å². The summed E-state index contributed by atoms with van der Waals surface area (Å²) >= 11 is 0. The van der Waals surface area contributed by atoms with Gasteiger partial charge in [-0.25, -0.2) is 30.0 Å². The molecule has 1 fully saturated rings. The second kappa shape index (κ2) is 18.2. The van der Waals surface area contributed by atoms with Crippen molar-refractivity contribution in [1.82, 2.24) is 4.72 Å². The number of carbonyl (C=O) groups excluding carboxylic acids is 1. The van der Waals surface area contributed by atoms with Gasteiger partial charge in [-0.3, -0.25) is 8.37 Å². The minimum absolute atomic E-state index is 0. The van der Waals surface area contributed by atoms with Crippen molar-refractivity contribution in [3.05, 3.63) is 11.5 Å². The first kappa shape index (κ1) is 44.7. The second-order valence-electron chi connectivity index (χ2n) is 6.62. The molecule has 0 saturated carbocycles. The van der Waals surface area contributed by atoms with Gasteiger partial charge < -0.3 is 48.0 Å². The fourth-order valence-corrected chi connectivity index (χ4v) is 4.25. The molecule has 2 rings (SSSR count). The Morgan fingerprint density at radius 1 is 1.00 bits per heavy atom. The smallest absolute Gasteiger partial charge is 0.735 e. The molecule has 0 aromatic carbocycles. The number of carboxylic acids is 1. The first-order valence-corrected chi connectivity index (χ1v) is 12.7. The molecular formula is C12H15NNa4O18S3. The number of ether oxygens (including phenoxy) is 3. The molecule has 2 aliphatic rings. The van der Waals surface area contributed by atoms with Crippen LogP contribution in [0.1, 0.15) is 6.42 Å². The van der Waals surface area contributed by atoms with Crippen molar-refractivity contribution in [2.75, 3.05) is 13.2 Å². The normalized spacial score (nSPS) is 27.8. The standard InChI is InChI=1S/C12H19NO18S3.4Na/c14-5-1-4(2-28-33(21,22)23)29-12(7(5)13-32(18,19)20)30-9-8(15)6(31-34(24,25)26)3-27-10(9)11(16)17;;;;/h4-8,12-15H,1-3H2,(H,16,17)(H,18,19,20)(H,21,22,23)(H,24,25,26);;;;/q;4*+1/p-4/t4?,5-,6?,7?,8+,12-;;;;/m0..../s1. The topological polar surface area (TPSA) is 310 Å². The van der Waals surface area contributed by atoms with Gasteiger partial charge in [0.05, 0.1) is 18.8 Å². The van der Waals surface area contributed by atoms with Gasteiger partial charge in [-0.05, 0) is 0 Å². The van der Waals surface area contributed by atoms with Crippen LogP contribution in [-0.4, -0.2) is 105 Å². The fraction of sp³-hybridized carbons (Fsp3) is 0.750. The van der Waals surface area contributed by atoms with Gasteiger partial charge in [-0.1, -0.05) is 0 Å². The molecule has 6 atom stereocenters. The van der Waals surface area contributed by atoms with Crippen LogP contribution in [0.15, 0.2) is 11.5 Å². The van der Waals surface area contributed by atoms with Crippen LogP contribution in [0.5, 0.6) is 0 Å². The van der Waals surface area contributed by atoms with Gasteiger partial charge in [0.2, 0.25) is 27.1 Å². The van der Waals surface area contributed by atoms with E-state index in [-0.39, 0.29) is 118 Å². The summed E-state index contributed by atoms with van der Waals surface area (Å²) in [5.74, 6) is -4.70. The molecule has 0 aromatic rings. The molecule has 198 valence electrons. The summed E-state index contributed by atoms with van der Waals surface area (Å²) < 4.78 is 122. The van der Waals surface area contributed by atoms with Crippen LogP contribution in [0, 0.1) is 0 Å². The largest absolute Gasteiger partial charge is 1.00 e. The summed E-state index contributed by atoms with van der Waals surface area (Å²) in [6.45, 7) is -2.06. The Hall–Kier alpha value is 2.30. The van der Waals surface area contributed by atoms with Gasteiger partial charge in [0.25, 0.3) is 0 Å². The Balaban J connectivity index is -0.00000306. The first-order valence-electron chi connectivity index (χ1n) is 8.60. The van der Waals surface area contributed by atoms with Crippen LogP contribution in [-0.2, 0) is 58.5 Å². The summed E-state index contributed by atoms with van der Waals surface area (Å²) in [4.78, 5) is 11.3. The summed E-state index contributed by atoms with van der Waals surface area (Å²) in [7, 11) is -16.1. The maximum Gasteiger partial charge on any atom is 1.00 e. The Morgan fingerprint density at radius 3 is 2.00 bits per heavy atom. The van der Waals surface area contributed by atoms with Gasteiger partial charge in [0.1, 0.15) is 30.8 Å². The SMILES string of the molecule is O=C([O-])C1=C(O[C@@H]2OC(COS(=O)(=O)[O-])C[C@H](O)C2NS(=O)(=O)[O-])[C@H](O)C(OS(=O)(=O)[O-])CO1.[Na+].[Na+].[Na+].[Na+]. The summed E-state index contributed by atoms with van der Waals surface area (Å²) in [6, 6.07) is -2.03. The van der Waals surface area contributed by atoms with Crippen molar-refractivity contribution < 1.29 is 200 Å². The van der Waals surface area contributed by atoms with Crippen LogP contribution in [0.2, 0.25) is 0 Å². The Kier molecular flexibility index (Phi) is 21.4. The zero-order valence-electron chi connectivity index (χ0n) is 20.2. The molecule has 19 nitrogen and oxygen atoms in total. The molecule has 1 saturated heterocycles. The van der Waals surface area contributed by atoms with Gasteiger partial charge in [0, 0.05) is 6.42 Å². The number of aliphatic carboxylic acids is 1. The minimum atomic E-state index is -5.46. The van der Waals surface area contributed by atoms with Crippen molar-refractivity contribution in [2.45, 2.75) is 43.2 Å². The van der Waals surface area contributed by atoms with Crippen molar-refractivity contribution in [2.24, 2.45) is 0 Å². The van der Waals surface area contributed by atoms with Crippen LogP contribution in [0.3, 0.4) is 0 Å². The van der Waals surface area contributed by atoms with E-state index in [1.54, 1.807) is 0 Å². The molecule has 3 N–H and O–H groups in total. The minimum Gasteiger partial charge on any atom is -0.735 e. The molecule has 2 heterocycles. The second-order valence-corrected chi connectivity index (χ2v) is 9.82. The molecule has 0 radical (unpaired) electrons. The van der Waals surface area contributed by atoms with E-state index in [1.807, 2.05) is 0 Å². The summed E-state index contributed by atoms with van der Waals surface area (Å²) in [5.41, 5.74) is 0. The first-order chi connectivity index (χ1) is 15.4. The van der Waals surface area contributed by atoms with Crippen molar-refractivity contribution in [1.29, 1.82) is 0 Å². The van der Waals surface area contributed by atoms with E-state index in [0.717, 1.165) is 0 Å². The van der Waals surface area contributed by atoms with Crippen LogP contribution < -0.4 is 128 Å². The molecule has 2 aliphatic heterocycles. The van der Waals surface area contributed by atoms with E-state index in [2.05, 4.69) is 13.1 Å². The summed E-state index contributed by atoms with van der Waals surface area (Å²) in [5, 5.41) is 31.8. The third-order valence-electron chi connectivity index (χ3n) is 4.12. The molecule has 0 aromatic heterocycles. The van der Waals surface area contributed by atoms with E-state index in [9.17, 15) is 59.0 Å². The number of carboxylic acid groups (broad SMARTS) is 1. The quantitative estimate of drug-likeness (QED) is 0.112. The molecule has 3 unspecified atom stereocenters. The van der Waals surface area contributed by atoms with Crippen molar-refractivity contribution in [3.63, 3.8) is 0 Å². The Bertz CT molecular complexity index is 1130. The van der Waals surface area contributed by atoms with Crippen LogP contribution in [0.4, 0.5) is 0 Å². The van der Waals surface area contributed by atoms with Crippen LogP contribution in [0.25, 0.3) is 0 Å². The van der Waals surface area contributed by atoms with Gasteiger partial charge in [0.15, 0.2) is 21.8 Å². The predicted octanol–water partition coefficient (Wildman–Crippen LogP) is -18.4. The average molecular weight is 649 g/mol. The number of hydrogen-bond acceptors (Lipinski definition) is 18. The zero-order valence-corrected chi connectivity index (χ0v) is 30.7. The van der Waals surface area contributed by atoms with Gasteiger partial charge in [-0.15, -0.1) is 0 Å². The Morgan fingerprint density at radius 2 is 1.55 bits per heavy atom. The van der Waals surface area contributed by atoms with Crippen molar-refractivity contribution in [3.8, 4) is 0 Å². The number of rotatable bonds is 10. The molecule has 38 heavy (non-hydrogen) atoms. The Labute approximate surface area is 305 Å². The maximum atomic E-state index is 11.3. The number of aliphatic hydroxyl groups is 2. The molecule has 0 amide bonds. The van der Waals surface area contributed by atoms with Gasteiger partial charge in [-0.2, -0.15) is 0 Å². The summed E-state index contributed by atoms with van der Waals surface area (Å²) in [6.07, 6.45) is -10.8. The number of aliphatic hydroxyl groups excluding tert-OH is 2. The van der Waals surface area contributed by atoms with Crippen LogP contribution >= 0.6 is 0 Å². The zero-order chi connectivity index (χ0) is 26.1. The van der Waals surface area contributed by atoms with E-state index >= 15 is 0 Å². The molecule has 0 bridgehead atoms. The molecule has 0 spiro atoms. The van der Waals surface area contributed by atoms with Crippen molar-refractivity contribution >= 4 is 37.1 Å². The van der Waals surface area contributed by atoms with E-state index < -0.39 is 105 Å². The molecule has 26 heteroatoms. The maximum absolute atomic E-state index is 11.3. The molecular weight excluding hydrogens is 634 g/mol. The third kappa shape index (κ3) is 15.2.